The molecule has 0 heterocycles. The van der Waals surface area contributed by atoms with Gasteiger partial charge in [0.1, 0.15) is 5.56 Å². The molecule has 0 amide bonds. The highest BCUT2D eigenvalue weighted by Crippen LogP contribution is 2.40. The number of rotatable bonds is 5. The molecular weight excluding hydrogens is 395 g/mol. The van der Waals surface area contributed by atoms with Crippen molar-refractivity contribution in [3.8, 4) is 5.75 Å². The van der Waals surface area contributed by atoms with E-state index in [1.807, 2.05) is 6.92 Å². The first-order valence-corrected chi connectivity index (χ1v) is 8.65. The number of hydrogen-bond donors (Lipinski definition) is 1. The molecule has 0 bridgehead atoms. The zero-order chi connectivity index (χ0) is 18.7. The lowest BCUT2D eigenvalue weighted by Gasteiger charge is -2.31. The smallest absolute Gasteiger partial charge is 0.422 e. The van der Waals surface area contributed by atoms with Crippen molar-refractivity contribution in [3.63, 3.8) is 0 Å². The number of esters is 2. The van der Waals surface area contributed by atoms with Crippen LogP contribution in [0.15, 0.2) is 6.07 Å². The fraction of sp³-hybridized carbons (Fsp3) is 0.438. The molecule has 1 aliphatic rings. The Morgan fingerprint density at radius 2 is 1.88 bits per heavy atom. The summed E-state index contributed by atoms with van der Waals surface area (Å²) in [5.41, 5.74) is -0.380. The van der Waals surface area contributed by atoms with Crippen LogP contribution in [-0.2, 0) is 14.3 Å². The summed E-state index contributed by atoms with van der Waals surface area (Å²) in [4.78, 5) is 34.4. The number of aliphatic carboxylic acids is 1. The number of carboxylic acid groups (broad SMARTS) is 1. The monoisotopic (exact) mass is 408 g/mol. The van der Waals surface area contributed by atoms with E-state index in [1.54, 1.807) is 0 Å². The van der Waals surface area contributed by atoms with Gasteiger partial charge >= 0.3 is 17.9 Å². The number of carbonyl (C=O) groups excluding carboxylic acids is 2. The lowest BCUT2D eigenvalue weighted by atomic mass is 9.77. The molecule has 0 aliphatic heterocycles. The van der Waals surface area contributed by atoms with Gasteiger partial charge in [-0.15, -0.1) is 0 Å². The van der Waals surface area contributed by atoms with E-state index in [0.29, 0.717) is 5.92 Å². The van der Waals surface area contributed by atoms with Crippen molar-refractivity contribution in [1.29, 1.82) is 0 Å². The molecule has 1 aliphatic carbocycles. The molecule has 1 saturated carbocycles. The summed E-state index contributed by atoms with van der Waals surface area (Å²) in [6, 6.07) is 1.14. The molecule has 1 aromatic carbocycles. The van der Waals surface area contributed by atoms with E-state index in [1.165, 1.54) is 0 Å². The van der Waals surface area contributed by atoms with Crippen LogP contribution >= 0.6 is 34.8 Å². The van der Waals surface area contributed by atoms with Crippen molar-refractivity contribution in [2.24, 2.45) is 11.8 Å². The lowest BCUT2D eigenvalue weighted by Crippen LogP contribution is -2.25. The molecule has 0 radical (unpaired) electrons. The second kappa shape index (κ2) is 8.25. The van der Waals surface area contributed by atoms with Gasteiger partial charge in [0, 0.05) is 0 Å². The molecule has 1 atom stereocenters. The highest BCUT2D eigenvalue weighted by atomic mass is 35.5. The molecule has 2 rings (SSSR count). The maximum Gasteiger partial charge on any atom is 0.422 e. The third-order valence-corrected chi connectivity index (χ3v) is 5.20. The van der Waals surface area contributed by atoms with E-state index < -0.39 is 23.7 Å². The predicted molar refractivity (Wildman–Crippen MR) is 91.5 cm³/mol. The van der Waals surface area contributed by atoms with Crippen LogP contribution in [0, 0.1) is 11.8 Å². The van der Waals surface area contributed by atoms with Crippen LogP contribution in [0.3, 0.4) is 0 Å². The summed E-state index contributed by atoms with van der Waals surface area (Å²) in [7, 11) is 0. The van der Waals surface area contributed by atoms with Gasteiger partial charge in [-0.25, -0.2) is 14.4 Å². The van der Waals surface area contributed by atoms with E-state index >= 15 is 0 Å². The van der Waals surface area contributed by atoms with Crippen molar-refractivity contribution >= 4 is 52.7 Å². The largest absolute Gasteiger partial charge is 0.473 e. The van der Waals surface area contributed by atoms with E-state index in [2.05, 4.69) is 4.74 Å². The van der Waals surface area contributed by atoms with Gasteiger partial charge in [-0.3, -0.25) is 0 Å². The number of carbonyl (C=O) groups is 3. The number of benzene rings is 1. The first-order chi connectivity index (χ1) is 11.7. The average Bonchev–Trinajstić information content (AvgIpc) is 2.48. The Balaban J connectivity index is 2.25. The van der Waals surface area contributed by atoms with Gasteiger partial charge in [-0.05, 0) is 17.9 Å². The fourth-order valence-corrected chi connectivity index (χ4v) is 3.14. The maximum absolute atomic E-state index is 12.4. The average molecular weight is 410 g/mol. The van der Waals surface area contributed by atoms with Crippen LogP contribution in [0.1, 0.15) is 36.5 Å². The Hall–Kier alpha value is -1.50. The molecule has 1 aromatic rings. The van der Waals surface area contributed by atoms with Gasteiger partial charge < -0.3 is 14.6 Å². The van der Waals surface area contributed by atoms with Crippen molar-refractivity contribution in [1.82, 2.24) is 0 Å². The number of carboxylic acids is 1. The molecule has 6 nitrogen and oxygen atoms in total. The van der Waals surface area contributed by atoms with Gasteiger partial charge in [-0.1, -0.05) is 61.0 Å². The van der Waals surface area contributed by atoms with E-state index in [4.69, 9.17) is 44.6 Å². The Labute approximate surface area is 158 Å². The van der Waals surface area contributed by atoms with Crippen molar-refractivity contribution in [2.75, 3.05) is 6.61 Å². The molecule has 1 N–H and O–H groups in total. The second-order valence-corrected chi connectivity index (χ2v) is 7.01. The second-order valence-electron chi connectivity index (χ2n) is 5.82. The van der Waals surface area contributed by atoms with Gasteiger partial charge in [0.2, 0.25) is 0 Å². The van der Waals surface area contributed by atoms with Gasteiger partial charge in [0.05, 0.1) is 21.7 Å². The van der Waals surface area contributed by atoms with E-state index in [0.717, 1.165) is 25.3 Å². The molecule has 0 spiro atoms. The van der Waals surface area contributed by atoms with Crippen LogP contribution in [-0.4, -0.2) is 29.6 Å². The highest BCUT2D eigenvalue weighted by molar-refractivity contribution is 6.46. The van der Waals surface area contributed by atoms with E-state index in [9.17, 15) is 14.4 Å². The van der Waals surface area contributed by atoms with E-state index in [-0.39, 0.29) is 33.2 Å². The first kappa shape index (κ1) is 19.8. The third kappa shape index (κ3) is 4.57. The molecule has 136 valence electrons. The summed E-state index contributed by atoms with van der Waals surface area (Å²) < 4.78 is 9.91. The van der Waals surface area contributed by atoms with Crippen molar-refractivity contribution < 1.29 is 29.0 Å². The van der Waals surface area contributed by atoms with Crippen LogP contribution in [0.25, 0.3) is 0 Å². The summed E-state index contributed by atoms with van der Waals surface area (Å²) in [5.74, 6) is -4.19. The Morgan fingerprint density at radius 3 is 2.40 bits per heavy atom. The Kier molecular flexibility index (Phi) is 6.54. The fourth-order valence-electron chi connectivity index (χ4n) is 2.42. The maximum atomic E-state index is 12.4. The van der Waals surface area contributed by atoms with Gasteiger partial charge in [0.25, 0.3) is 0 Å². The molecule has 25 heavy (non-hydrogen) atoms. The zero-order valence-electron chi connectivity index (χ0n) is 13.2. The normalized spacial score (nSPS) is 15.2. The third-order valence-electron chi connectivity index (χ3n) is 4.13. The molecule has 0 saturated heterocycles. The molecule has 9 heteroatoms. The molecule has 1 unspecified atom stereocenters. The summed E-state index contributed by atoms with van der Waals surface area (Å²) in [5, 5.41) is 8.14. The van der Waals surface area contributed by atoms with Gasteiger partial charge in [0.15, 0.2) is 5.75 Å². The summed E-state index contributed by atoms with van der Waals surface area (Å²) in [6.45, 7) is 2.12. The highest BCUT2D eigenvalue weighted by Gasteiger charge is 2.29. The Bertz CT molecular complexity index is 714. The van der Waals surface area contributed by atoms with Gasteiger partial charge in [-0.2, -0.15) is 0 Å². The van der Waals surface area contributed by atoms with Crippen LogP contribution in [0.4, 0.5) is 0 Å². The standard InChI is InChI=1S/C16H15Cl3O6/c1-7(8-3-2-4-8)6-24-15(22)11-12(19)9(17)5-10(18)13(11)25-16(23)14(20)21/h5,7-8H,2-4,6H2,1H3,(H,20,21). The molecular formula is C16H15Cl3O6. The molecule has 0 aromatic heterocycles. The summed E-state index contributed by atoms with van der Waals surface area (Å²) >= 11 is 17.8. The summed E-state index contributed by atoms with van der Waals surface area (Å²) in [6.07, 6.45) is 3.34. The first-order valence-electron chi connectivity index (χ1n) is 7.52. The number of ether oxygens (including phenoxy) is 2. The minimum absolute atomic E-state index is 0.0548. The predicted octanol–water partition coefficient (Wildman–Crippen LogP) is 4.23. The minimum atomic E-state index is -1.85. The topological polar surface area (TPSA) is 89.9 Å². The van der Waals surface area contributed by atoms with Crippen LogP contribution < -0.4 is 4.74 Å². The van der Waals surface area contributed by atoms with Crippen molar-refractivity contribution in [2.45, 2.75) is 26.2 Å². The quantitative estimate of drug-likeness (QED) is 0.339. The Morgan fingerprint density at radius 1 is 1.24 bits per heavy atom. The molecule has 1 fully saturated rings. The van der Waals surface area contributed by atoms with Crippen molar-refractivity contribution in [3.05, 3.63) is 26.7 Å². The lowest BCUT2D eigenvalue weighted by molar-refractivity contribution is -0.158. The van der Waals surface area contributed by atoms with Crippen LogP contribution in [0.5, 0.6) is 5.75 Å². The van der Waals surface area contributed by atoms with Crippen LogP contribution in [0.2, 0.25) is 15.1 Å². The number of halogens is 3. The number of hydrogen-bond acceptors (Lipinski definition) is 5. The zero-order valence-corrected chi connectivity index (χ0v) is 15.5. The SMILES string of the molecule is CC(COC(=O)c1c(Cl)c(Cl)cc(Cl)c1OC(=O)C(=O)O)C1CCC1. The minimum Gasteiger partial charge on any atom is -0.473 e.